The van der Waals surface area contributed by atoms with E-state index >= 15 is 0 Å². The minimum absolute atomic E-state index is 0.204. The van der Waals surface area contributed by atoms with Gasteiger partial charge in [-0.1, -0.05) is 54.6 Å². The van der Waals surface area contributed by atoms with Crippen LogP contribution < -0.4 is 14.7 Å². The van der Waals surface area contributed by atoms with Crippen LogP contribution in [0, 0.1) is 0 Å². The SMILES string of the molecule is CN(C)c1ccc(C2(CCc3ccccc3)N(C)c3ccccc3N2C)cc1. The molecule has 0 saturated carbocycles. The fourth-order valence-electron chi connectivity index (χ4n) is 4.51. The third-order valence-electron chi connectivity index (χ3n) is 6.17. The predicted octanol–water partition coefficient (Wildman–Crippen LogP) is 5.12. The number of benzene rings is 3. The van der Waals surface area contributed by atoms with Gasteiger partial charge >= 0.3 is 0 Å². The molecule has 3 heteroatoms. The first-order valence-corrected chi connectivity index (χ1v) is 9.92. The van der Waals surface area contributed by atoms with Crippen LogP contribution in [0.3, 0.4) is 0 Å². The van der Waals surface area contributed by atoms with Crippen molar-refractivity contribution >= 4 is 17.1 Å². The van der Waals surface area contributed by atoms with Crippen molar-refractivity contribution in [3.63, 3.8) is 0 Å². The number of rotatable bonds is 5. The van der Waals surface area contributed by atoms with Crippen LogP contribution in [0.25, 0.3) is 0 Å². The van der Waals surface area contributed by atoms with Crippen molar-refractivity contribution < 1.29 is 0 Å². The maximum absolute atomic E-state index is 2.45. The van der Waals surface area contributed by atoms with Crippen LogP contribution in [-0.4, -0.2) is 28.2 Å². The standard InChI is InChI=1S/C25H29N3/c1-26(2)22-16-14-21(15-17-22)25(19-18-20-10-6-5-7-11-20)27(3)23-12-8-9-13-24(23)28(25)4/h5-17H,18-19H2,1-4H3. The Morgan fingerprint density at radius 2 is 1.25 bits per heavy atom. The molecule has 0 atom stereocenters. The second kappa shape index (κ2) is 7.23. The fraction of sp³-hybridized carbons (Fsp3) is 0.280. The van der Waals surface area contributed by atoms with Gasteiger partial charge in [0.05, 0.1) is 11.4 Å². The first kappa shape index (κ1) is 18.4. The molecule has 3 nitrogen and oxygen atoms in total. The molecule has 3 aromatic carbocycles. The number of para-hydroxylation sites is 2. The minimum Gasteiger partial charge on any atom is -0.378 e. The summed E-state index contributed by atoms with van der Waals surface area (Å²) in [4.78, 5) is 7.06. The minimum atomic E-state index is -0.204. The van der Waals surface area contributed by atoms with E-state index in [9.17, 15) is 0 Å². The highest BCUT2D eigenvalue weighted by molar-refractivity contribution is 5.79. The largest absolute Gasteiger partial charge is 0.378 e. The van der Waals surface area contributed by atoms with Crippen molar-refractivity contribution in [3.05, 3.63) is 90.0 Å². The highest BCUT2D eigenvalue weighted by Crippen LogP contribution is 2.50. The van der Waals surface area contributed by atoms with E-state index in [4.69, 9.17) is 0 Å². The van der Waals surface area contributed by atoms with Crippen molar-refractivity contribution in [2.24, 2.45) is 0 Å². The third kappa shape index (κ3) is 2.91. The van der Waals surface area contributed by atoms with E-state index in [1.165, 1.54) is 28.2 Å². The summed E-state index contributed by atoms with van der Waals surface area (Å²) in [6.45, 7) is 0. The highest BCUT2D eigenvalue weighted by Gasteiger charge is 2.46. The Balaban J connectivity index is 1.77. The van der Waals surface area contributed by atoms with E-state index in [0.717, 1.165) is 12.8 Å². The molecule has 0 unspecified atom stereocenters. The summed E-state index contributed by atoms with van der Waals surface area (Å²) in [5, 5.41) is 0. The molecule has 0 amide bonds. The molecule has 28 heavy (non-hydrogen) atoms. The fourth-order valence-corrected chi connectivity index (χ4v) is 4.51. The summed E-state index contributed by atoms with van der Waals surface area (Å²) >= 11 is 0. The van der Waals surface area contributed by atoms with Crippen molar-refractivity contribution in [3.8, 4) is 0 Å². The van der Waals surface area contributed by atoms with Gasteiger partial charge in [-0.3, -0.25) is 0 Å². The number of anilines is 3. The molecule has 3 aromatic rings. The van der Waals surface area contributed by atoms with E-state index in [0.29, 0.717) is 0 Å². The van der Waals surface area contributed by atoms with Gasteiger partial charge in [0, 0.05) is 33.9 Å². The van der Waals surface area contributed by atoms with Crippen molar-refractivity contribution in [1.82, 2.24) is 0 Å². The normalized spacial score (nSPS) is 14.9. The maximum atomic E-state index is 2.45. The highest BCUT2D eigenvalue weighted by atomic mass is 15.4. The number of hydrogen-bond acceptors (Lipinski definition) is 3. The summed E-state index contributed by atoms with van der Waals surface area (Å²) in [7, 11) is 8.63. The molecule has 1 aliphatic rings. The predicted molar refractivity (Wildman–Crippen MR) is 120 cm³/mol. The van der Waals surface area contributed by atoms with Crippen LogP contribution >= 0.6 is 0 Å². The molecule has 144 valence electrons. The lowest BCUT2D eigenvalue weighted by Crippen LogP contribution is -2.51. The van der Waals surface area contributed by atoms with Crippen LogP contribution in [0.5, 0.6) is 0 Å². The zero-order valence-electron chi connectivity index (χ0n) is 17.3. The molecule has 1 heterocycles. The number of hydrogen-bond donors (Lipinski definition) is 0. The lowest BCUT2D eigenvalue weighted by Gasteiger charge is -2.44. The summed E-state index contributed by atoms with van der Waals surface area (Å²) in [5.74, 6) is 0. The van der Waals surface area contributed by atoms with Gasteiger partial charge in [0.15, 0.2) is 0 Å². The number of fused-ring (bicyclic) bond motifs is 1. The van der Waals surface area contributed by atoms with Gasteiger partial charge in [0.2, 0.25) is 0 Å². The average molecular weight is 372 g/mol. The van der Waals surface area contributed by atoms with E-state index < -0.39 is 0 Å². The molecular weight excluding hydrogens is 342 g/mol. The monoisotopic (exact) mass is 371 g/mol. The summed E-state index contributed by atoms with van der Waals surface area (Å²) in [6, 6.07) is 28.5. The molecule has 0 bridgehead atoms. The molecule has 0 radical (unpaired) electrons. The molecule has 0 aliphatic carbocycles. The quantitative estimate of drug-likeness (QED) is 0.616. The molecule has 0 spiro atoms. The lowest BCUT2D eigenvalue weighted by atomic mass is 9.90. The molecule has 0 N–H and O–H groups in total. The average Bonchev–Trinajstić information content (AvgIpc) is 2.95. The summed E-state index contributed by atoms with van der Waals surface area (Å²) < 4.78 is 0. The molecule has 0 fully saturated rings. The second-order valence-corrected chi connectivity index (χ2v) is 7.85. The third-order valence-corrected chi connectivity index (χ3v) is 6.17. The van der Waals surface area contributed by atoms with Crippen molar-refractivity contribution in [2.75, 3.05) is 42.9 Å². The topological polar surface area (TPSA) is 9.72 Å². The van der Waals surface area contributed by atoms with Crippen LogP contribution in [0.15, 0.2) is 78.9 Å². The zero-order chi connectivity index (χ0) is 19.7. The van der Waals surface area contributed by atoms with E-state index in [-0.39, 0.29) is 5.66 Å². The Morgan fingerprint density at radius 1 is 0.714 bits per heavy atom. The molecule has 4 rings (SSSR count). The smallest absolute Gasteiger partial charge is 0.139 e. The Bertz CT molecular complexity index is 903. The Labute approximate surface area is 168 Å². The first-order chi connectivity index (χ1) is 13.5. The van der Waals surface area contributed by atoms with Crippen molar-refractivity contribution in [2.45, 2.75) is 18.5 Å². The van der Waals surface area contributed by atoms with Gasteiger partial charge in [-0.05, 0) is 48.2 Å². The van der Waals surface area contributed by atoms with E-state index in [1.54, 1.807) is 0 Å². The molecule has 0 saturated heterocycles. The molecule has 1 aliphatic heterocycles. The van der Waals surface area contributed by atoms with Gasteiger partial charge in [0.25, 0.3) is 0 Å². The Morgan fingerprint density at radius 3 is 1.79 bits per heavy atom. The Kier molecular flexibility index (Phi) is 4.76. The van der Waals surface area contributed by atoms with Gasteiger partial charge in [-0.15, -0.1) is 0 Å². The van der Waals surface area contributed by atoms with E-state index in [1.807, 2.05) is 0 Å². The molecule has 0 aromatic heterocycles. The maximum Gasteiger partial charge on any atom is 0.139 e. The van der Waals surface area contributed by atoms with E-state index in [2.05, 4.69) is 122 Å². The van der Waals surface area contributed by atoms with Gasteiger partial charge in [-0.2, -0.15) is 0 Å². The van der Waals surface area contributed by atoms with Crippen LogP contribution in [0.4, 0.5) is 17.1 Å². The van der Waals surface area contributed by atoms with Crippen LogP contribution in [0.1, 0.15) is 17.5 Å². The number of nitrogens with zero attached hydrogens (tertiary/aromatic N) is 3. The Hall–Kier alpha value is -2.94. The molecular formula is C25H29N3. The van der Waals surface area contributed by atoms with Gasteiger partial charge in [0.1, 0.15) is 5.66 Å². The first-order valence-electron chi connectivity index (χ1n) is 9.92. The van der Waals surface area contributed by atoms with Crippen LogP contribution in [-0.2, 0) is 12.1 Å². The van der Waals surface area contributed by atoms with Crippen LogP contribution in [0.2, 0.25) is 0 Å². The summed E-state index contributed by atoms with van der Waals surface area (Å²) in [6.07, 6.45) is 2.04. The second-order valence-electron chi connectivity index (χ2n) is 7.85. The lowest BCUT2D eigenvalue weighted by molar-refractivity contribution is 0.400. The summed E-state index contributed by atoms with van der Waals surface area (Å²) in [5.41, 5.74) is 6.30. The zero-order valence-corrected chi connectivity index (χ0v) is 17.3. The van der Waals surface area contributed by atoms with Gasteiger partial charge in [-0.25, -0.2) is 0 Å². The van der Waals surface area contributed by atoms with Crippen molar-refractivity contribution in [1.29, 1.82) is 0 Å². The van der Waals surface area contributed by atoms with Gasteiger partial charge < -0.3 is 14.7 Å². The number of aryl methyl sites for hydroxylation is 1.